The average Bonchev–Trinajstić information content (AvgIpc) is 2.92. The minimum absolute atomic E-state index is 0.338. The number of aryl methyl sites for hydroxylation is 1. The van der Waals surface area contributed by atoms with E-state index in [0.717, 1.165) is 37.9 Å². The van der Waals surface area contributed by atoms with Crippen LogP contribution in [0.25, 0.3) is 0 Å². The van der Waals surface area contributed by atoms with E-state index in [1.807, 2.05) is 0 Å². The van der Waals surface area contributed by atoms with Crippen LogP contribution in [0.3, 0.4) is 0 Å². The number of carbonyl (C=O) groups is 2. The van der Waals surface area contributed by atoms with Crippen LogP contribution in [0.15, 0.2) is 18.2 Å². The number of rotatable bonds is 3. The predicted octanol–water partition coefficient (Wildman–Crippen LogP) is 4.37. The summed E-state index contributed by atoms with van der Waals surface area (Å²) in [5.74, 6) is 0.437. The number of fused-ring (bicyclic) bond motifs is 5. The molecule has 0 aliphatic heterocycles. The molecule has 0 bridgehead atoms. The summed E-state index contributed by atoms with van der Waals surface area (Å²) in [6, 6.07) is 6.47. The lowest BCUT2D eigenvalue weighted by atomic mass is 9.55. The summed E-state index contributed by atoms with van der Waals surface area (Å²) in [5, 5.41) is 0. The van der Waals surface area contributed by atoms with Gasteiger partial charge in [-0.05, 0) is 73.1 Å². The molecule has 152 valence electrons. The number of benzene rings is 1. The fourth-order valence-electron chi connectivity index (χ4n) is 6.46. The zero-order valence-electron chi connectivity index (χ0n) is 17.2. The third kappa shape index (κ3) is 2.82. The van der Waals surface area contributed by atoms with E-state index in [1.54, 1.807) is 7.11 Å². The third-order valence-electron chi connectivity index (χ3n) is 7.60. The lowest BCUT2D eigenvalue weighted by molar-refractivity contribution is -0.270. The van der Waals surface area contributed by atoms with E-state index in [4.69, 9.17) is 14.2 Å². The van der Waals surface area contributed by atoms with Crippen molar-refractivity contribution in [2.75, 3.05) is 7.11 Å². The maximum Gasteiger partial charge on any atom is 0.305 e. The van der Waals surface area contributed by atoms with Crippen molar-refractivity contribution in [1.82, 2.24) is 0 Å². The molecule has 0 heterocycles. The summed E-state index contributed by atoms with van der Waals surface area (Å²) in [5.41, 5.74) is 2.50. The number of ether oxygens (including phenoxy) is 3. The summed E-state index contributed by atoms with van der Waals surface area (Å²) >= 11 is 0. The zero-order valence-corrected chi connectivity index (χ0v) is 17.2. The molecule has 0 spiro atoms. The molecule has 1 aromatic rings. The minimum atomic E-state index is -1.12. The topological polar surface area (TPSA) is 61.8 Å². The Bertz CT molecular complexity index is 784. The molecule has 3 aliphatic rings. The smallest absolute Gasteiger partial charge is 0.305 e. The summed E-state index contributed by atoms with van der Waals surface area (Å²) in [6.45, 7) is 4.96. The van der Waals surface area contributed by atoms with Crippen LogP contribution >= 0.6 is 0 Å². The SMILES string of the molecule is COc1ccc2c(c1)CC[C@H]1[C@@H]2CC[C@@]2(C)[C@@H]1CCC2(OC(C)=O)OC(C)=O. The Morgan fingerprint density at radius 2 is 1.75 bits per heavy atom. The summed E-state index contributed by atoms with van der Waals surface area (Å²) in [6.07, 6.45) is 5.55. The summed E-state index contributed by atoms with van der Waals surface area (Å²) < 4.78 is 16.9. The van der Waals surface area contributed by atoms with Gasteiger partial charge in [-0.1, -0.05) is 13.0 Å². The molecule has 3 aliphatic carbocycles. The number of carbonyl (C=O) groups excluding carboxylic acids is 2. The second-order valence-corrected chi connectivity index (χ2v) is 8.92. The maximum atomic E-state index is 11.9. The van der Waals surface area contributed by atoms with Crippen molar-refractivity contribution in [1.29, 1.82) is 0 Å². The van der Waals surface area contributed by atoms with Crippen molar-refractivity contribution in [3.05, 3.63) is 29.3 Å². The van der Waals surface area contributed by atoms with Crippen LogP contribution in [0.1, 0.15) is 69.9 Å². The Labute approximate surface area is 166 Å². The van der Waals surface area contributed by atoms with E-state index in [1.165, 1.54) is 25.0 Å². The van der Waals surface area contributed by atoms with E-state index < -0.39 is 5.79 Å². The van der Waals surface area contributed by atoms with Crippen molar-refractivity contribution < 1.29 is 23.8 Å². The molecule has 0 N–H and O–H groups in total. The van der Waals surface area contributed by atoms with Gasteiger partial charge < -0.3 is 14.2 Å². The fraction of sp³-hybridized carbons (Fsp3) is 0.652. The van der Waals surface area contributed by atoms with E-state index in [9.17, 15) is 9.59 Å². The molecule has 0 saturated heterocycles. The highest BCUT2D eigenvalue weighted by molar-refractivity contribution is 5.69. The van der Waals surface area contributed by atoms with Gasteiger partial charge in [-0.2, -0.15) is 0 Å². The van der Waals surface area contributed by atoms with Gasteiger partial charge in [0.25, 0.3) is 5.79 Å². The molecule has 2 saturated carbocycles. The van der Waals surface area contributed by atoms with Crippen molar-refractivity contribution in [2.45, 2.75) is 71.0 Å². The molecule has 2 fully saturated rings. The number of esters is 2. The Kier molecular flexibility index (Phi) is 4.67. The van der Waals surface area contributed by atoms with Crippen molar-refractivity contribution in [2.24, 2.45) is 17.3 Å². The first-order chi connectivity index (χ1) is 13.3. The number of methoxy groups -OCH3 is 1. The van der Waals surface area contributed by atoms with Crippen LogP contribution < -0.4 is 4.74 Å². The van der Waals surface area contributed by atoms with Crippen molar-refractivity contribution >= 4 is 11.9 Å². The molecule has 5 heteroatoms. The molecular formula is C23H30O5. The van der Waals surface area contributed by atoms with E-state index >= 15 is 0 Å². The Balaban J connectivity index is 1.68. The van der Waals surface area contributed by atoms with Gasteiger partial charge in [0, 0.05) is 25.7 Å². The van der Waals surface area contributed by atoms with Crippen LogP contribution in [0.2, 0.25) is 0 Å². The first-order valence-electron chi connectivity index (χ1n) is 10.4. The molecule has 28 heavy (non-hydrogen) atoms. The van der Waals surface area contributed by atoms with Crippen LogP contribution in [0, 0.1) is 17.3 Å². The lowest BCUT2D eigenvalue weighted by Gasteiger charge is -2.53. The number of hydrogen-bond acceptors (Lipinski definition) is 5. The second-order valence-electron chi connectivity index (χ2n) is 8.92. The quantitative estimate of drug-likeness (QED) is 0.570. The fourth-order valence-corrected chi connectivity index (χ4v) is 6.46. The predicted molar refractivity (Wildman–Crippen MR) is 104 cm³/mol. The Hall–Kier alpha value is -2.04. The first-order valence-corrected chi connectivity index (χ1v) is 10.4. The molecule has 0 aromatic heterocycles. The molecule has 1 aromatic carbocycles. The van der Waals surface area contributed by atoms with E-state index in [-0.39, 0.29) is 17.4 Å². The van der Waals surface area contributed by atoms with Gasteiger partial charge in [0.05, 0.1) is 7.11 Å². The van der Waals surface area contributed by atoms with Crippen molar-refractivity contribution in [3.8, 4) is 5.75 Å². The van der Waals surface area contributed by atoms with Crippen LogP contribution in [-0.4, -0.2) is 24.8 Å². The highest BCUT2D eigenvalue weighted by Crippen LogP contribution is 2.65. The Morgan fingerprint density at radius 1 is 1.04 bits per heavy atom. The molecule has 0 unspecified atom stereocenters. The largest absolute Gasteiger partial charge is 0.497 e. The molecule has 0 radical (unpaired) electrons. The van der Waals surface area contributed by atoms with Gasteiger partial charge in [-0.15, -0.1) is 0 Å². The standard InChI is InChI=1S/C23H30O5/c1-14(24)27-23(28-15(2)25)12-10-21-20-7-5-16-13-17(26-4)6-8-18(16)19(20)9-11-22(21,23)3/h6,8,13,19-21H,5,7,9-12H2,1-4H3/t19-,20+,21-,22+/m1/s1. The number of hydrogen-bond donors (Lipinski definition) is 0. The highest BCUT2D eigenvalue weighted by atomic mass is 16.7. The first kappa shape index (κ1) is 19.3. The van der Waals surface area contributed by atoms with Crippen molar-refractivity contribution in [3.63, 3.8) is 0 Å². The van der Waals surface area contributed by atoms with Crippen LogP contribution in [-0.2, 0) is 25.5 Å². The molecule has 4 rings (SSSR count). The van der Waals surface area contributed by atoms with Gasteiger partial charge >= 0.3 is 11.9 Å². The van der Waals surface area contributed by atoms with Gasteiger partial charge in [0.2, 0.25) is 0 Å². The monoisotopic (exact) mass is 386 g/mol. The molecule has 0 amide bonds. The minimum Gasteiger partial charge on any atom is -0.497 e. The molecule has 4 atom stereocenters. The third-order valence-corrected chi connectivity index (χ3v) is 7.60. The van der Waals surface area contributed by atoms with E-state index in [2.05, 4.69) is 25.1 Å². The van der Waals surface area contributed by atoms with Crippen LogP contribution in [0.4, 0.5) is 0 Å². The molecule has 5 nitrogen and oxygen atoms in total. The van der Waals surface area contributed by atoms with Gasteiger partial charge in [0.15, 0.2) is 0 Å². The van der Waals surface area contributed by atoms with Gasteiger partial charge in [-0.25, -0.2) is 0 Å². The summed E-state index contributed by atoms with van der Waals surface area (Å²) in [7, 11) is 1.71. The average molecular weight is 386 g/mol. The molecular weight excluding hydrogens is 356 g/mol. The summed E-state index contributed by atoms with van der Waals surface area (Å²) in [4.78, 5) is 23.8. The zero-order chi connectivity index (χ0) is 20.1. The highest BCUT2D eigenvalue weighted by Gasteiger charge is 2.66. The van der Waals surface area contributed by atoms with Crippen LogP contribution in [0.5, 0.6) is 5.75 Å². The maximum absolute atomic E-state index is 11.9. The Morgan fingerprint density at radius 3 is 2.39 bits per heavy atom. The lowest BCUT2D eigenvalue weighted by Crippen LogP contribution is -2.54. The van der Waals surface area contributed by atoms with Gasteiger partial charge in [0.1, 0.15) is 5.75 Å². The van der Waals surface area contributed by atoms with Gasteiger partial charge in [-0.3, -0.25) is 9.59 Å². The normalized spacial score (nSPS) is 32.5. The van der Waals surface area contributed by atoms with E-state index in [0.29, 0.717) is 24.2 Å². The second kappa shape index (κ2) is 6.78.